The molecule has 0 bridgehead atoms. The number of hydrogen-bond acceptors (Lipinski definition) is 4. The van der Waals surface area contributed by atoms with Gasteiger partial charge in [-0.1, -0.05) is 12.1 Å². The van der Waals surface area contributed by atoms with Crippen LogP contribution in [0.25, 0.3) is 0 Å². The number of nitrogens with two attached hydrogens (primary N) is 1. The Kier molecular flexibility index (Phi) is 5.16. The molecule has 2 rings (SSSR count). The Morgan fingerprint density at radius 3 is 2.95 bits per heavy atom. The Labute approximate surface area is 123 Å². The Balaban J connectivity index is 2.01. The molecule has 1 fully saturated rings. The van der Waals surface area contributed by atoms with Crippen molar-refractivity contribution in [3.8, 4) is 5.75 Å². The van der Waals surface area contributed by atoms with E-state index in [1.807, 2.05) is 24.3 Å². The van der Waals surface area contributed by atoms with Crippen molar-refractivity contribution in [2.24, 2.45) is 5.73 Å². The van der Waals surface area contributed by atoms with E-state index in [0.29, 0.717) is 25.2 Å². The lowest BCUT2D eigenvalue weighted by atomic mass is 10.0. The van der Waals surface area contributed by atoms with Gasteiger partial charge in [0.2, 0.25) is 11.8 Å². The summed E-state index contributed by atoms with van der Waals surface area (Å²) >= 11 is 0. The Hall–Kier alpha value is -2.08. The van der Waals surface area contributed by atoms with Gasteiger partial charge in [0.05, 0.1) is 7.11 Å². The lowest BCUT2D eigenvalue weighted by Crippen LogP contribution is -2.49. The molecular weight excluding hydrogens is 272 g/mol. The summed E-state index contributed by atoms with van der Waals surface area (Å²) < 4.78 is 10.4. The first kappa shape index (κ1) is 15.3. The summed E-state index contributed by atoms with van der Waals surface area (Å²) in [5.74, 6) is -0.149. The number of carbonyl (C=O) groups is 2. The molecule has 6 heteroatoms. The number of methoxy groups -OCH3 is 1. The molecule has 1 heterocycles. The molecular formula is C15H20N2O4. The molecule has 2 atom stereocenters. The van der Waals surface area contributed by atoms with Crippen LogP contribution >= 0.6 is 0 Å². The quantitative estimate of drug-likeness (QED) is 0.793. The highest BCUT2D eigenvalue weighted by Crippen LogP contribution is 2.15. The van der Waals surface area contributed by atoms with Crippen molar-refractivity contribution in [2.75, 3.05) is 13.7 Å². The first-order valence-corrected chi connectivity index (χ1v) is 6.94. The van der Waals surface area contributed by atoms with E-state index in [1.165, 1.54) is 0 Å². The normalized spacial score (nSPS) is 19.0. The van der Waals surface area contributed by atoms with Gasteiger partial charge in [-0.05, 0) is 30.5 Å². The molecule has 0 saturated carbocycles. The summed E-state index contributed by atoms with van der Waals surface area (Å²) in [6.07, 6.45) is 1.38. The van der Waals surface area contributed by atoms with Crippen LogP contribution in [0.15, 0.2) is 24.3 Å². The third-order valence-corrected chi connectivity index (χ3v) is 3.46. The second-order valence-corrected chi connectivity index (χ2v) is 5.02. The first-order chi connectivity index (χ1) is 10.1. The van der Waals surface area contributed by atoms with Gasteiger partial charge in [-0.3, -0.25) is 9.59 Å². The lowest BCUT2D eigenvalue weighted by molar-refractivity contribution is -0.133. The van der Waals surface area contributed by atoms with Crippen LogP contribution in [0.2, 0.25) is 0 Å². The summed E-state index contributed by atoms with van der Waals surface area (Å²) in [4.78, 5) is 23.5. The van der Waals surface area contributed by atoms with Gasteiger partial charge in [-0.25, -0.2) is 0 Å². The maximum atomic E-state index is 12.0. The summed E-state index contributed by atoms with van der Waals surface area (Å²) in [5.41, 5.74) is 6.24. The molecule has 0 unspecified atom stereocenters. The van der Waals surface area contributed by atoms with Gasteiger partial charge in [-0.2, -0.15) is 0 Å². The maximum absolute atomic E-state index is 12.0. The van der Waals surface area contributed by atoms with Crippen LogP contribution in [-0.4, -0.2) is 37.7 Å². The van der Waals surface area contributed by atoms with Crippen molar-refractivity contribution < 1.29 is 19.1 Å². The maximum Gasteiger partial charge on any atom is 0.249 e. The molecule has 6 nitrogen and oxygen atoms in total. The zero-order valence-corrected chi connectivity index (χ0v) is 12.0. The van der Waals surface area contributed by atoms with Gasteiger partial charge in [0.1, 0.15) is 17.9 Å². The molecule has 0 radical (unpaired) electrons. The predicted molar refractivity (Wildman–Crippen MR) is 76.8 cm³/mol. The monoisotopic (exact) mass is 292 g/mol. The van der Waals surface area contributed by atoms with Crippen molar-refractivity contribution in [1.29, 1.82) is 0 Å². The Morgan fingerprint density at radius 1 is 1.52 bits per heavy atom. The van der Waals surface area contributed by atoms with Crippen LogP contribution in [-0.2, 0) is 20.7 Å². The van der Waals surface area contributed by atoms with E-state index in [1.54, 1.807) is 7.11 Å². The fraction of sp³-hybridized carbons (Fsp3) is 0.467. The highest BCUT2D eigenvalue weighted by Gasteiger charge is 2.27. The zero-order valence-electron chi connectivity index (χ0n) is 12.0. The molecule has 0 aliphatic carbocycles. The number of ether oxygens (including phenoxy) is 2. The van der Waals surface area contributed by atoms with Gasteiger partial charge in [0.25, 0.3) is 0 Å². The molecule has 0 aromatic heterocycles. The second kappa shape index (κ2) is 7.08. The molecule has 1 aliphatic rings. The minimum atomic E-state index is -0.756. The molecule has 1 aliphatic heterocycles. The van der Waals surface area contributed by atoms with Crippen LogP contribution in [0.4, 0.5) is 0 Å². The van der Waals surface area contributed by atoms with Crippen LogP contribution in [0.3, 0.4) is 0 Å². The van der Waals surface area contributed by atoms with Crippen molar-refractivity contribution in [3.05, 3.63) is 29.8 Å². The van der Waals surface area contributed by atoms with Gasteiger partial charge < -0.3 is 20.5 Å². The average Bonchev–Trinajstić information content (AvgIpc) is 3.01. The fourth-order valence-electron chi connectivity index (χ4n) is 2.31. The van der Waals surface area contributed by atoms with E-state index in [0.717, 1.165) is 12.0 Å². The topological polar surface area (TPSA) is 90.7 Å². The standard InChI is InChI=1S/C15H20N2O4/c1-20-11-5-2-4-10(8-11)9-12(14(16)18)17-15(19)13-6-3-7-21-13/h2,4-5,8,12-13H,3,6-7,9H2,1H3,(H2,16,18)(H,17,19)/t12-,13-/m0/s1. The third kappa shape index (κ3) is 4.19. The minimum absolute atomic E-state index is 0.279. The van der Waals surface area contributed by atoms with Crippen molar-refractivity contribution in [1.82, 2.24) is 5.32 Å². The summed E-state index contributed by atoms with van der Waals surface area (Å²) in [6.45, 7) is 0.579. The molecule has 2 amide bonds. The van der Waals surface area contributed by atoms with E-state index in [2.05, 4.69) is 5.32 Å². The number of rotatable bonds is 6. The molecule has 114 valence electrons. The highest BCUT2D eigenvalue weighted by molar-refractivity contribution is 5.88. The van der Waals surface area contributed by atoms with Crippen LogP contribution in [0, 0.1) is 0 Å². The first-order valence-electron chi connectivity index (χ1n) is 6.94. The lowest BCUT2D eigenvalue weighted by Gasteiger charge is -2.18. The Bertz CT molecular complexity index is 512. The second-order valence-electron chi connectivity index (χ2n) is 5.02. The van der Waals surface area contributed by atoms with E-state index in [4.69, 9.17) is 15.2 Å². The number of benzene rings is 1. The Morgan fingerprint density at radius 2 is 2.33 bits per heavy atom. The number of carbonyl (C=O) groups excluding carboxylic acids is 2. The van der Waals surface area contributed by atoms with Crippen molar-refractivity contribution in [3.63, 3.8) is 0 Å². The van der Waals surface area contributed by atoms with E-state index < -0.39 is 18.1 Å². The van der Waals surface area contributed by atoms with Crippen LogP contribution < -0.4 is 15.8 Å². The zero-order chi connectivity index (χ0) is 15.2. The van der Waals surface area contributed by atoms with Crippen LogP contribution in [0.5, 0.6) is 5.75 Å². The third-order valence-electron chi connectivity index (χ3n) is 3.46. The van der Waals surface area contributed by atoms with E-state index >= 15 is 0 Å². The molecule has 0 spiro atoms. The highest BCUT2D eigenvalue weighted by atomic mass is 16.5. The van der Waals surface area contributed by atoms with Crippen molar-refractivity contribution in [2.45, 2.75) is 31.4 Å². The summed E-state index contributed by atoms with van der Waals surface area (Å²) in [5, 5.41) is 2.67. The molecule has 3 N–H and O–H groups in total. The SMILES string of the molecule is COc1cccc(C[C@H](NC(=O)[C@@H]2CCCO2)C(N)=O)c1. The number of hydrogen-bond donors (Lipinski definition) is 2. The van der Waals surface area contributed by atoms with Gasteiger partial charge in [0.15, 0.2) is 0 Å². The molecule has 1 aromatic carbocycles. The molecule has 21 heavy (non-hydrogen) atoms. The number of primary amides is 1. The van der Waals surface area contributed by atoms with E-state index in [9.17, 15) is 9.59 Å². The fourth-order valence-corrected chi connectivity index (χ4v) is 2.31. The molecule has 1 saturated heterocycles. The summed E-state index contributed by atoms with van der Waals surface area (Å²) in [7, 11) is 1.57. The van der Waals surface area contributed by atoms with Gasteiger partial charge in [-0.15, -0.1) is 0 Å². The van der Waals surface area contributed by atoms with Gasteiger partial charge >= 0.3 is 0 Å². The van der Waals surface area contributed by atoms with Crippen LogP contribution in [0.1, 0.15) is 18.4 Å². The van der Waals surface area contributed by atoms with Crippen molar-refractivity contribution >= 4 is 11.8 Å². The average molecular weight is 292 g/mol. The smallest absolute Gasteiger partial charge is 0.249 e. The number of amides is 2. The molecule has 1 aromatic rings. The van der Waals surface area contributed by atoms with E-state index in [-0.39, 0.29) is 5.91 Å². The minimum Gasteiger partial charge on any atom is -0.497 e. The number of nitrogens with one attached hydrogen (secondary N) is 1. The summed E-state index contributed by atoms with van der Waals surface area (Å²) in [6, 6.07) is 6.56. The largest absolute Gasteiger partial charge is 0.497 e. The predicted octanol–water partition coefficient (Wildman–Crippen LogP) is 0.387. The van der Waals surface area contributed by atoms with Gasteiger partial charge in [0, 0.05) is 13.0 Å².